The van der Waals surface area contributed by atoms with E-state index in [1.54, 1.807) is 13.3 Å². The second-order valence-electron chi connectivity index (χ2n) is 1.67. The van der Waals surface area contributed by atoms with Crippen LogP contribution in [0.1, 0.15) is 5.56 Å². The van der Waals surface area contributed by atoms with Crippen molar-refractivity contribution in [1.29, 1.82) is 0 Å². The van der Waals surface area contributed by atoms with Gasteiger partial charge in [-0.2, -0.15) is 0 Å². The van der Waals surface area contributed by atoms with E-state index in [2.05, 4.69) is 11.9 Å². The van der Waals surface area contributed by atoms with Crippen LogP contribution in [0.15, 0.2) is 18.3 Å². The van der Waals surface area contributed by atoms with Crippen molar-refractivity contribution in [2.75, 3.05) is 7.11 Å². The molecule has 0 N–H and O–H groups in total. The summed E-state index contributed by atoms with van der Waals surface area (Å²) in [6.07, 6.45) is 1.67. The van der Waals surface area contributed by atoms with Gasteiger partial charge in [-0.05, 0) is 13.0 Å². The van der Waals surface area contributed by atoms with Gasteiger partial charge in [0.25, 0.3) is 0 Å². The fourth-order valence-electron chi connectivity index (χ4n) is 0.608. The standard InChI is InChI=1S/C7H8NO/c1-6-4-3-5-8-7(6)9-2/h3-5H,1H2,2H3. The van der Waals surface area contributed by atoms with Crippen LogP contribution < -0.4 is 4.74 Å². The highest BCUT2D eigenvalue weighted by Gasteiger charge is 1.93. The maximum Gasteiger partial charge on any atom is 0.216 e. The molecule has 0 saturated carbocycles. The molecule has 47 valence electrons. The van der Waals surface area contributed by atoms with Crippen LogP contribution in [0, 0.1) is 6.92 Å². The molecule has 0 aliphatic carbocycles. The number of pyridine rings is 1. The zero-order valence-corrected chi connectivity index (χ0v) is 5.29. The van der Waals surface area contributed by atoms with Gasteiger partial charge in [0.2, 0.25) is 5.88 Å². The number of methoxy groups -OCH3 is 1. The van der Waals surface area contributed by atoms with Crippen molar-refractivity contribution in [3.8, 4) is 5.88 Å². The van der Waals surface area contributed by atoms with E-state index in [1.807, 2.05) is 12.1 Å². The predicted molar refractivity (Wildman–Crippen MR) is 35.2 cm³/mol. The topological polar surface area (TPSA) is 22.1 Å². The summed E-state index contributed by atoms with van der Waals surface area (Å²) in [5, 5.41) is 0. The maximum atomic E-state index is 4.87. The Hall–Kier alpha value is -1.05. The van der Waals surface area contributed by atoms with Gasteiger partial charge < -0.3 is 4.74 Å². The minimum absolute atomic E-state index is 0.595. The lowest BCUT2D eigenvalue weighted by atomic mass is 10.3. The Morgan fingerprint density at radius 1 is 1.67 bits per heavy atom. The molecule has 0 aromatic carbocycles. The van der Waals surface area contributed by atoms with Gasteiger partial charge >= 0.3 is 0 Å². The molecule has 1 rings (SSSR count). The van der Waals surface area contributed by atoms with E-state index < -0.39 is 0 Å². The average molecular weight is 122 g/mol. The van der Waals surface area contributed by atoms with Crippen LogP contribution in [0.5, 0.6) is 5.88 Å². The molecule has 0 aliphatic rings. The van der Waals surface area contributed by atoms with Gasteiger partial charge in [0.15, 0.2) is 0 Å². The van der Waals surface area contributed by atoms with E-state index in [0.717, 1.165) is 5.56 Å². The summed E-state index contributed by atoms with van der Waals surface area (Å²) < 4.78 is 4.87. The monoisotopic (exact) mass is 122 g/mol. The van der Waals surface area contributed by atoms with Crippen LogP contribution in [-0.4, -0.2) is 12.1 Å². The lowest BCUT2D eigenvalue weighted by molar-refractivity contribution is 0.396. The van der Waals surface area contributed by atoms with Crippen LogP contribution >= 0.6 is 0 Å². The van der Waals surface area contributed by atoms with Gasteiger partial charge in [-0.25, -0.2) is 4.98 Å². The Bertz CT molecular complexity index is 198. The minimum Gasteiger partial charge on any atom is -0.481 e. The normalized spacial score (nSPS) is 9.11. The van der Waals surface area contributed by atoms with Gasteiger partial charge in [0.1, 0.15) is 0 Å². The molecule has 0 amide bonds. The first-order valence-corrected chi connectivity index (χ1v) is 2.65. The summed E-state index contributed by atoms with van der Waals surface area (Å²) >= 11 is 0. The van der Waals surface area contributed by atoms with E-state index in [4.69, 9.17) is 4.74 Å². The summed E-state index contributed by atoms with van der Waals surface area (Å²) in [4.78, 5) is 3.91. The van der Waals surface area contributed by atoms with Gasteiger partial charge in [0.05, 0.1) is 7.11 Å². The Labute approximate surface area is 54.5 Å². The lowest BCUT2D eigenvalue weighted by Crippen LogP contribution is -1.88. The molecule has 1 aromatic heterocycles. The fraction of sp³-hybridized carbons (Fsp3) is 0.143. The first-order chi connectivity index (χ1) is 4.34. The first kappa shape index (κ1) is 6.08. The number of nitrogens with zero attached hydrogens (tertiary/aromatic N) is 1. The van der Waals surface area contributed by atoms with Gasteiger partial charge in [-0.15, -0.1) is 0 Å². The van der Waals surface area contributed by atoms with E-state index >= 15 is 0 Å². The molecule has 2 nitrogen and oxygen atoms in total. The largest absolute Gasteiger partial charge is 0.481 e. The zero-order valence-electron chi connectivity index (χ0n) is 5.29. The third kappa shape index (κ3) is 1.19. The molecule has 0 aliphatic heterocycles. The maximum absolute atomic E-state index is 4.87. The average Bonchev–Trinajstić information content (AvgIpc) is 1.89. The first-order valence-electron chi connectivity index (χ1n) is 2.65. The third-order valence-corrected chi connectivity index (χ3v) is 1.04. The van der Waals surface area contributed by atoms with Crippen molar-refractivity contribution in [1.82, 2.24) is 4.98 Å². The highest BCUT2D eigenvalue weighted by Crippen LogP contribution is 2.09. The molecule has 0 unspecified atom stereocenters. The smallest absolute Gasteiger partial charge is 0.216 e. The number of ether oxygens (including phenoxy) is 1. The second kappa shape index (κ2) is 2.49. The molecule has 0 spiro atoms. The highest BCUT2D eigenvalue weighted by atomic mass is 16.5. The molecule has 1 radical (unpaired) electrons. The highest BCUT2D eigenvalue weighted by molar-refractivity contribution is 5.27. The number of aromatic nitrogens is 1. The molecule has 1 heterocycles. The van der Waals surface area contributed by atoms with Crippen LogP contribution in [0.25, 0.3) is 0 Å². The molecule has 0 fully saturated rings. The quantitative estimate of drug-likeness (QED) is 0.559. The van der Waals surface area contributed by atoms with Crippen LogP contribution in [0.4, 0.5) is 0 Å². The summed E-state index contributed by atoms with van der Waals surface area (Å²) in [5.41, 5.74) is 0.819. The molecule has 9 heavy (non-hydrogen) atoms. The van der Waals surface area contributed by atoms with Gasteiger partial charge in [-0.3, -0.25) is 0 Å². The van der Waals surface area contributed by atoms with E-state index in [1.165, 1.54) is 0 Å². The molecular formula is C7H8NO. The molecule has 0 saturated heterocycles. The zero-order chi connectivity index (χ0) is 6.69. The van der Waals surface area contributed by atoms with Crippen molar-refractivity contribution in [2.45, 2.75) is 0 Å². The van der Waals surface area contributed by atoms with Crippen molar-refractivity contribution in [2.24, 2.45) is 0 Å². The summed E-state index contributed by atoms with van der Waals surface area (Å²) in [5.74, 6) is 0.595. The Morgan fingerprint density at radius 3 is 2.89 bits per heavy atom. The van der Waals surface area contributed by atoms with Crippen molar-refractivity contribution < 1.29 is 4.74 Å². The Morgan fingerprint density at radius 2 is 2.44 bits per heavy atom. The summed E-state index contributed by atoms with van der Waals surface area (Å²) in [7, 11) is 1.58. The molecule has 1 aromatic rings. The molecular weight excluding hydrogens is 114 g/mol. The molecule has 0 bridgehead atoms. The van der Waals surface area contributed by atoms with Crippen LogP contribution in [0.2, 0.25) is 0 Å². The van der Waals surface area contributed by atoms with Crippen molar-refractivity contribution >= 4 is 0 Å². The number of hydrogen-bond acceptors (Lipinski definition) is 2. The van der Waals surface area contributed by atoms with Gasteiger partial charge in [0, 0.05) is 11.8 Å². The molecule has 2 heteroatoms. The summed E-state index contributed by atoms with van der Waals surface area (Å²) in [6, 6.07) is 3.68. The third-order valence-electron chi connectivity index (χ3n) is 1.04. The lowest BCUT2D eigenvalue weighted by Gasteiger charge is -1.98. The van der Waals surface area contributed by atoms with Gasteiger partial charge in [-0.1, -0.05) is 6.07 Å². The van der Waals surface area contributed by atoms with Crippen LogP contribution in [0.3, 0.4) is 0 Å². The van der Waals surface area contributed by atoms with E-state index in [9.17, 15) is 0 Å². The van der Waals surface area contributed by atoms with Crippen LogP contribution in [-0.2, 0) is 0 Å². The summed E-state index contributed by atoms with van der Waals surface area (Å²) in [6.45, 7) is 3.70. The van der Waals surface area contributed by atoms with Crippen molar-refractivity contribution in [3.05, 3.63) is 30.8 Å². The second-order valence-corrected chi connectivity index (χ2v) is 1.67. The molecule has 0 atom stereocenters. The fourth-order valence-corrected chi connectivity index (χ4v) is 0.608. The van der Waals surface area contributed by atoms with E-state index in [0.29, 0.717) is 5.88 Å². The Balaban J connectivity index is 3.01. The predicted octanol–water partition coefficient (Wildman–Crippen LogP) is 1.27. The minimum atomic E-state index is 0.595. The Kier molecular flexibility index (Phi) is 1.68. The number of hydrogen-bond donors (Lipinski definition) is 0. The number of rotatable bonds is 1. The van der Waals surface area contributed by atoms with Crippen molar-refractivity contribution in [3.63, 3.8) is 0 Å². The van der Waals surface area contributed by atoms with E-state index in [-0.39, 0.29) is 0 Å². The SMILES string of the molecule is [CH2]c1cccnc1OC.